The number of carbonyl (C=O) groups excluding carboxylic acids is 1. The third-order valence-corrected chi connectivity index (χ3v) is 4.14. The molecule has 6 heteroatoms. The van der Waals surface area contributed by atoms with E-state index in [1.165, 1.54) is 0 Å². The molecule has 2 rings (SSSR count). The number of amides is 1. The second-order valence-electron chi connectivity index (χ2n) is 4.25. The molecule has 1 aromatic carbocycles. The number of benzene rings is 1. The van der Waals surface area contributed by atoms with Crippen molar-refractivity contribution in [3.63, 3.8) is 0 Å². The van der Waals surface area contributed by atoms with Crippen LogP contribution in [0.2, 0.25) is 8.67 Å². The predicted octanol–water partition coefficient (Wildman–Crippen LogP) is 3.93. The summed E-state index contributed by atoms with van der Waals surface area (Å²) in [4.78, 5) is 12.2. The summed E-state index contributed by atoms with van der Waals surface area (Å²) < 4.78 is 0.830. The van der Waals surface area contributed by atoms with E-state index < -0.39 is 0 Å². The van der Waals surface area contributed by atoms with Gasteiger partial charge in [-0.25, -0.2) is 0 Å². The first-order chi connectivity index (χ1) is 10.0. The molecule has 0 bridgehead atoms. The van der Waals surface area contributed by atoms with E-state index in [2.05, 4.69) is 17.2 Å². The third kappa shape index (κ3) is 3.99. The third-order valence-electron chi connectivity index (χ3n) is 2.65. The Labute approximate surface area is 137 Å². The van der Waals surface area contributed by atoms with E-state index in [1.807, 2.05) is 19.1 Å². The number of nitrogens with two attached hydrogens (primary N) is 1. The number of aryl methyl sites for hydroxylation is 1. The summed E-state index contributed by atoms with van der Waals surface area (Å²) in [5, 5.41) is 2.80. The van der Waals surface area contributed by atoms with Gasteiger partial charge in [0, 0.05) is 5.56 Å². The minimum absolute atomic E-state index is 0.257. The van der Waals surface area contributed by atoms with Crippen molar-refractivity contribution in [3.8, 4) is 11.8 Å². The molecule has 0 saturated heterocycles. The Bertz CT molecular complexity index is 744. The predicted molar refractivity (Wildman–Crippen MR) is 89.4 cm³/mol. The van der Waals surface area contributed by atoms with Crippen LogP contribution in [0.4, 0.5) is 5.69 Å². The first kappa shape index (κ1) is 15.9. The number of hydrogen-bond acceptors (Lipinski definition) is 3. The molecule has 0 aliphatic carbocycles. The molecule has 1 aromatic heterocycles. The molecule has 2 aromatic rings. The van der Waals surface area contributed by atoms with Gasteiger partial charge in [-0.05, 0) is 30.7 Å². The van der Waals surface area contributed by atoms with Crippen molar-refractivity contribution in [1.29, 1.82) is 0 Å². The zero-order valence-electron chi connectivity index (χ0n) is 11.2. The molecular weight excluding hydrogens is 327 g/mol. The van der Waals surface area contributed by atoms with Gasteiger partial charge in [-0.1, -0.05) is 41.1 Å². The molecule has 0 radical (unpaired) electrons. The summed E-state index contributed by atoms with van der Waals surface area (Å²) in [5.74, 6) is 5.41. The van der Waals surface area contributed by atoms with Gasteiger partial charge in [0.1, 0.15) is 4.34 Å². The van der Waals surface area contributed by atoms with Gasteiger partial charge >= 0.3 is 0 Å². The molecule has 21 heavy (non-hydrogen) atoms. The largest absolute Gasteiger partial charge is 0.321 e. The number of carbonyl (C=O) groups is 1. The fraction of sp³-hybridized carbons (Fsp3) is 0.133. The van der Waals surface area contributed by atoms with Gasteiger partial charge in [0.2, 0.25) is 0 Å². The maximum absolute atomic E-state index is 12.2. The Morgan fingerprint density at radius 2 is 2.14 bits per heavy atom. The van der Waals surface area contributed by atoms with Crippen molar-refractivity contribution in [3.05, 3.63) is 49.6 Å². The van der Waals surface area contributed by atoms with Crippen molar-refractivity contribution >= 4 is 46.1 Å². The quantitative estimate of drug-likeness (QED) is 0.815. The smallest absolute Gasteiger partial charge is 0.258 e. The SMILES string of the molecule is Cc1ccc(NC(=O)c2cc(Cl)sc2Cl)c(C#CCN)c1. The minimum atomic E-state index is -0.317. The Morgan fingerprint density at radius 3 is 2.76 bits per heavy atom. The van der Waals surface area contributed by atoms with Crippen molar-refractivity contribution in [2.24, 2.45) is 5.73 Å². The number of hydrogen-bond donors (Lipinski definition) is 2. The zero-order valence-corrected chi connectivity index (χ0v) is 13.5. The van der Waals surface area contributed by atoms with Crippen molar-refractivity contribution in [1.82, 2.24) is 0 Å². The first-order valence-corrected chi connectivity index (χ1v) is 7.64. The van der Waals surface area contributed by atoms with Gasteiger partial charge in [0.25, 0.3) is 5.91 Å². The number of halogens is 2. The lowest BCUT2D eigenvalue weighted by atomic mass is 10.1. The fourth-order valence-corrected chi connectivity index (χ4v) is 3.16. The molecule has 0 unspecified atom stereocenters. The first-order valence-electron chi connectivity index (χ1n) is 6.07. The van der Waals surface area contributed by atoms with E-state index in [9.17, 15) is 4.79 Å². The number of thiophene rings is 1. The average molecular weight is 339 g/mol. The van der Waals surface area contributed by atoms with Crippen LogP contribution in [0.15, 0.2) is 24.3 Å². The van der Waals surface area contributed by atoms with Crippen LogP contribution in [0, 0.1) is 18.8 Å². The lowest BCUT2D eigenvalue weighted by molar-refractivity contribution is 0.102. The standard InChI is InChI=1S/C15H12Cl2N2OS/c1-9-4-5-12(10(7-9)3-2-6-18)19-15(20)11-8-13(16)21-14(11)17/h4-5,7-8H,6,18H2,1H3,(H,19,20). The van der Waals surface area contributed by atoms with Crippen LogP contribution in [0.3, 0.4) is 0 Å². The zero-order chi connectivity index (χ0) is 15.4. The lowest BCUT2D eigenvalue weighted by Crippen LogP contribution is -2.12. The van der Waals surface area contributed by atoms with E-state index in [1.54, 1.807) is 12.1 Å². The topological polar surface area (TPSA) is 55.1 Å². The van der Waals surface area contributed by atoms with E-state index in [0.29, 0.717) is 25.5 Å². The van der Waals surface area contributed by atoms with Gasteiger partial charge in [-0.15, -0.1) is 11.3 Å². The molecule has 0 fully saturated rings. The molecule has 108 valence electrons. The second kappa shape index (κ2) is 6.97. The molecule has 0 aliphatic heterocycles. The summed E-state index contributed by atoms with van der Waals surface area (Å²) in [6.07, 6.45) is 0. The molecule has 3 N–H and O–H groups in total. The van der Waals surface area contributed by atoms with E-state index >= 15 is 0 Å². The summed E-state index contributed by atoms with van der Waals surface area (Å²) >= 11 is 13.0. The van der Waals surface area contributed by atoms with Gasteiger partial charge in [-0.2, -0.15) is 0 Å². The molecule has 0 spiro atoms. The Balaban J connectivity index is 2.31. The van der Waals surface area contributed by atoms with Crippen LogP contribution in [-0.4, -0.2) is 12.5 Å². The number of nitrogens with one attached hydrogen (secondary N) is 1. The number of rotatable bonds is 2. The summed E-state index contributed by atoms with van der Waals surface area (Å²) in [6, 6.07) is 7.13. The highest BCUT2D eigenvalue weighted by molar-refractivity contribution is 7.20. The van der Waals surface area contributed by atoms with Crippen molar-refractivity contribution in [2.45, 2.75) is 6.92 Å². The molecule has 1 amide bonds. The highest BCUT2D eigenvalue weighted by atomic mass is 35.5. The normalized spacial score (nSPS) is 9.90. The fourth-order valence-electron chi connectivity index (χ4n) is 1.70. The molecule has 0 saturated carbocycles. The molecule has 3 nitrogen and oxygen atoms in total. The van der Waals surface area contributed by atoms with Crippen LogP contribution in [-0.2, 0) is 0 Å². The monoisotopic (exact) mass is 338 g/mol. The van der Waals surface area contributed by atoms with Gasteiger partial charge in [-0.3, -0.25) is 4.79 Å². The Kier molecular flexibility index (Phi) is 5.27. The van der Waals surface area contributed by atoms with Crippen LogP contribution in [0.25, 0.3) is 0 Å². The van der Waals surface area contributed by atoms with Crippen LogP contribution >= 0.6 is 34.5 Å². The van der Waals surface area contributed by atoms with E-state index in [0.717, 1.165) is 16.9 Å². The van der Waals surface area contributed by atoms with Gasteiger partial charge < -0.3 is 11.1 Å². The van der Waals surface area contributed by atoms with E-state index in [4.69, 9.17) is 28.9 Å². The Hall–Kier alpha value is -1.51. The molecular formula is C15H12Cl2N2OS. The second-order valence-corrected chi connectivity index (χ2v) is 6.53. The van der Waals surface area contributed by atoms with E-state index in [-0.39, 0.29) is 12.5 Å². The highest BCUT2D eigenvalue weighted by Gasteiger charge is 2.15. The lowest BCUT2D eigenvalue weighted by Gasteiger charge is -2.08. The minimum Gasteiger partial charge on any atom is -0.321 e. The summed E-state index contributed by atoms with van der Waals surface area (Å²) in [7, 11) is 0. The molecule has 0 aliphatic rings. The van der Waals surface area contributed by atoms with Crippen LogP contribution in [0.5, 0.6) is 0 Å². The van der Waals surface area contributed by atoms with Crippen molar-refractivity contribution in [2.75, 3.05) is 11.9 Å². The van der Waals surface area contributed by atoms with Crippen LogP contribution < -0.4 is 11.1 Å². The van der Waals surface area contributed by atoms with Crippen LogP contribution in [0.1, 0.15) is 21.5 Å². The average Bonchev–Trinajstić information content (AvgIpc) is 2.78. The maximum atomic E-state index is 12.2. The molecule has 0 atom stereocenters. The number of anilines is 1. The van der Waals surface area contributed by atoms with Gasteiger partial charge in [0.05, 0.1) is 22.1 Å². The van der Waals surface area contributed by atoms with Gasteiger partial charge in [0.15, 0.2) is 0 Å². The summed E-state index contributed by atoms with van der Waals surface area (Å²) in [5.41, 5.74) is 8.12. The maximum Gasteiger partial charge on any atom is 0.258 e. The van der Waals surface area contributed by atoms with Crippen molar-refractivity contribution < 1.29 is 4.79 Å². The summed E-state index contributed by atoms with van der Waals surface area (Å²) in [6.45, 7) is 2.21. The highest BCUT2D eigenvalue weighted by Crippen LogP contribution is 2.31. The Morgan fingerprint density at radius 1 is 1.38 bits per heavy atom. The molecule has 1 heterocycles.